The Morgan fingerprint density at radius 2 is 1.58 bits per heavy atom. The highest BCUT2D eigenvalue weighted by molar-refractivity contribution is 6.24. The third-order valence-electron chi connectivity index (χ3n) is 5.97. The molecule has 2 amide bonds. The second-order valence-corrected chi connectivity index (χ2v) is 8.02. The Hall–Kier alpha value is -3.64. The van der Waals surface area contributed by atoms with Gasteiger partial charge in [0.1, 0.15) is 11.7 Å². The number of phenols is 1. The molecule has 31 heavy (non-hydrogen) atoms. The van der Waals surface area contributed by atoms with Crippen LogP contribution in [0, 0.1) is 19.8 Å². The molecule has 0 saturated carbocycles. The Balaban J connectivity index is 1.61. The largest absolute Gasteiger partial charge is 0.508 e. The van der Waals surface area contributed by atoms with Crippen molar-refractivity contribution in [3.05, 3.63) is 89.5 Å². The molecule has 0 aromatic heterocycles. The molecule has 2 saturated heterocycles. The van der Waals surface area contributed by atoms with Crippen molar-refractivity contribution in [3.63, 3.8) is 0 Å². The number of amides is 2. The first-order valence-electron chi connectivity index (χ1n) is 10.2. The van der Waals surface area contributed by atoms with Gasteiger partial charge in [0, 0.05) is 5.56 Å². The monoisotopic (exact) mass is 414 g/mol. The number of benzene rings is 3. The van der Waals surface area contributed by atoms with Crippen molar-refractivity contribution in [3.8, 4) is 5.75 Å². The van der Waals surface area contributed by atoms with Crippen molar-refractivity contribution in [1.82, 2.24) is 0 Å². The summed E-state index contributed by atoms with van der Waals surface area (Å²) < 4.78 is 0. The second kappa shape index (κ2) is 7.25. The molecule has 0 spiro atoms. The lowest BCUT2D eigenvalue weighted by molar-refractivity contribution is -0.126. The average Bonchev–Trinajstić information content (AvgIpc) is 3.26. The summed E-state index contributed by atoms with van der Waals surface area (Å²) in [6.07, 6.45) is -0.960. The van der Waals surface area contributed by atoms with Gasteiger partial charge in [-0.1, -0.05) is 54.1 Å². The van der Waals surface area contributed by atoms with Crippen molar-refractivity contribution in [2.45, 2.75) is 26.0 Å². The number of imide groups is 1. The molecule has 156 valence electrons. The molecule has 0 aliphatic carbocycles. The molecule has 5 rings (SSSR count). The quantitative estimate of drug-likeness (QED) is 0.655. The minimum Gasteiger partial charge on any atom is -0.508 e. The Kier molecular flexibility index (Phi) is 4.52. The van der Waals surface area contributed by atoms with Crippen LogP contribution in [0.4, 0.5) is 11.4 Å². The highest BCUT2D eigenvalue weighted by Crippen LogP contribution is 2.49. The highest BCUT2D eigenvalue weighted by Gasteiger charge is 2.60. The van der Waals surface area contributed by atoms with Crippen LogP contribution in [0.15, 0.2) is 72.8 Å². The zero-order valence-corrected chi connectivity index (χ0v) is 17.2. The van der Waals surface area contributed by atoms with E-state index >= 15 is 0 Å². The lowest BCUT2D eigenvalue weighted by Crippen LogP contribution is -2.37. The zero-order chi connectivity index (χ0) is 21.7. The number of aromatic hydroxyl groups is 1. The van der Waals surface area contributed by atoms with Gasteiger partial charge >= 0.3 is 0 Å². The first kappa shape index (κ1) is 19.3. The molecule has 1 N–H and O–H groups in total. The summed E-state index contributed by atoms with van der Waals surface area (Å²) in [5.74, 6) is -1.43. The molecule has 0 bridgehead atoms. The number of para-hydroxylation sites is 2. The fraction of sp³-hybridized carbons (Fsp3) is 0.200. The van der Waals surface area contributed by atoms with Crippen molar-refractivity contribution < 1.29 is 19.5 Å². The van der Waals surface area contributed by atoms with Crippen LogP contribution in [0.25, 0.3) is 0 Å². The van der Waals surface area contributed by atoms with E-state index in [0.29, 0.717) is 16.9 Å². The van der Waals surface area contributed by atoms with Gasteiger partial charge in [0.2, 0.25) is 5.91 Å². The summed E-state index contributed by atoms with van der Waals surface area (Å²) in [7, 11) is 0. The van der Waals surface area contributed by atoms with Gasteiger partial charge in [0.15, 0.2) is 6.10 Å². The van der Waals surface area contributed by atoms with Crippen molar-refractivity contribution in [1.29, 1.82) is 0 Å². The van der Waals surface area contributed by atoms with E-state index in [2.05, 4.69) is 0 Å². The third kappa shape index (κ3) is 2.99. The number of hydrogen-bond acceptors (Lipinski definition) is 5. The molecule has 0 unspecified atom stereocenters. The number of hydroxylamine groups is 1. The van der Waals surface area contributed by atoms with Crippen LogP contribution >= 0.6 is 0 Å². The van der Waals surface area contributed by atoms with Crippen LogP contribution in [-0.2, 0) is 14.4 Å². The summed E-state index contributed by atoms with van der Waals surface area (Å²) in [6, 6.07) is 21.2. The third-order valence-corrected chi connectivity index (χ3v) is 5.97. The number of fused-ring (bicyclic) bond motifs is 1. The first-order valence-corrected chi connectivity index (χ1v) is 10.2. The number of rotatable bonds is 3. The molecule has 2 aliphatic heterocycles. The van der Waals surface area contributed by atoms with Gasteiger partial charge in [-0.25, -0.2) is 9.96 Å². The average molecular weight is 414 g/mol. The lowest BCUT2D eigenvalue weighted by Gasteiger charge is -2.29. The smallest absolute Gasteiger partial charge is 0.266 e. The molecule has 3 aromatic carbocycles. The Morgan fingerprint density at radius 3 is 2.29 bits per heavy atom. The number of aryl methyl sites for hydroxylation is 2. The van der Waals surface area contributed by atoms with Crippen LogP contribution in [0.1, 0.15) is 22.7 Å². The van der Waals surface area contributed by atoms with Gasteiger partial charge in [-0.2, -0.15) is 0 Å². The van der Waals surface area contributed by atoms with Gasteiger partial charge in [0.05, 0.1) is 17.4 Å². The fourth-order valence-corrected chi connectivity index (χ4v) is 4.56. The molecular formula is C25H22N2O4. The van der Waals surface area contributed by atoms with E-state index in [1.165, 1.54) is 4.90 Å². The van der Waals surface area contributed by atoms with Crippen molar-refractivity contribution >= 4 is 23.2 Å². The Morgan fingerprint density at radius 1 is 0.871 bits per heavy atom. The standard InChI is InChI=1S/C25H22N2O4/c1-15-12-13-19(16(2)14-15)26-24(29)21-22(18-10-6-7-11-20(18)28)27(31-23(21)25(26)30)17-8-4-3-5-9-17/h3-14,21-23,28H,1-2H3/t21-,22-,23+/m1/s1. The molecule has 2 heterocycles. The number of anilines is 2. The molecule has 6 nitrogen and oxygen atoms in total. The van der Waals surface area contributed by atoms with E-state index in [1.807, 2.05) is 56.3 Å². The molecular weight excluding hydrogens is 392 g/mol. The van der Waals surface area contributed by atoms with Crippen LogP contribution < -0.4 is 9.96 Å². The second-order valence-electron chi connectivity index (χ2n) is 8.02. The predicted molar refractivity (Wildman–Crippen MR) is 117 cm³/mol. The maximum atomic E-state index is 13.6. The fourth-order valence-electron chi connectivity index (χ4n) is 4.56. The summed E-state index contributed by atoms with van der Waals surface area (Å²) in [6.45, 7) is 3.85. The predicted octanol–water partition coefficient (Wildman–Crippen LogP) is 4.06. The number of carbonyl (C=O) groups excluding carboxylic acids is 2. The maximum absolute atomic E-state index is 13.6. The van der Waals surface area contributed by atoms with Gasteiger partial charge in [-0.3, -0.25) is 14.4 Å². The van der Waals surface area contributed by atoms with Crippen LogP contribution in [0.5, 0.6) is 5.75 Å². The van der Waals surface area contributed by atoms with E-state index in [4.69, 9.17) is 4.84 Å². The molecule has 2 fully saturated rings. The van der Waals surface area contributed by atoms with Crippen molar-refractivity contribution in [2.75, 3.05) is 9.96 Å². The summed E-state index contributed by atoms with van der Waals surface area (Å²) in [5, 5.41) is 12.2. The molecule has 2 aliphatic rings. The van der Waals surface area contributed by atoms with Crippen LogP contribution in [0.2, 0.25) is 0 Å². The molecule has 3 aromatic rings. The van der Waals surface area contributed by atoms with Gasteiger partial charge in [-0.05, 0) is 43.7 Å². The van der Waals surface area contributed by atoms with Gasteiger partial charge < -0.3 is 5.11 Å². The maximum Gasteiger partial charge on any atom is 0.266 e. The van der Waals surface area contributed by atoms with E-state index in [1.54, 1.807) is 35.4 Å². The van der Waals surface area contributed by atoms with E-state index < -0.39 is 18.1 Å². The topological polar surface area (TPSA) is 70.1 Å². The normalized spacial score (nSPS) is 22.8. The van der Waals surface area contributed by atoms with Gasteiger partial charge in [-0.15, -0.1) is 0 Å². The highest BCUT2D eigenvalue weighted by atomic mass is 16.7. The van der Waals surface area contributed by atoms with Crippen LogP contribution in [0.3, 0.4) is 0 Å². The number of hydrogen-bond donors (Lipinski definition) is 1. The van der Waals surface area contributed by atoms with Crippen molar-refractivity contribution in [2.24, 2.45) is 5.92 Å². The lowest BCUT2D eigenvalue weighted by atomic mass is 9.90. The minimum atomic E-state index is -0.960. The first-order chi connectivity index (χ1) is 15.0. The van der Waals surface area contributed by atoms with Crippen LogP contribution in [-0.4, -0.2) is 23.0 Å². The number of phenolic OH excluding ortho intramolecular Hbond substituents is 1. The summed E-state index contributed by atoms with van der Waals surface area (Å²) >= 11 is 0. The Bertz CT molecular complexity index is 1180. The summed E-state index contributed by atoms with van der Waals surface area (Å²) in [4.78, 5) is 34.3. The SMILES string of the molecule is Cc1ccc(N2C(=O)[C@H]3[C@H](ON(c4ccccc4)[C@@H]3c3ccccc3O)C2=O)c(C)c1. The molecule has 6 heteroatoms. The van der Waals surface area contributed by atoms with E-state index in [-0.39, 0.29) is 17.6 Å². The summed E-state index contributed by atoms with van der Waals surface area (Å²) in [5.41, 5.74) is 3.73. The molecule has 3 atom stereocenters. The minimum absolute atomic E-state index is 0.0582. The number of carbonyl (C=O) groups is 2. The Labute approximate surface area is 180 Å². The molecule has 0 radical (unpaired) electrons. The van der Waals surface area contributed by atoms with Gasteiger partial charge in [0.25, 0.3) is 5.91 Å². The zero-order valence-electron chi connectivity index (χ0n) is 17.2. The number of nitrogens with zero attached hydrogens (tertiary/aromatic N) is 2. The van der Waals surface area contributed by atoms with E-state index in [0.717, 1.165) is 11.1 Å². The van der Waals surface area contributed by atoms with E-state index in [9.17, 15) is 14.7 Å².